The van der Waals surface area contributed by atoms with Crippen LogP contribution in [-0.2, 0) is 9.53 Å². The van der Waals surface area contributed by atoms with Crippen molar-refractivity contribution in [2.45, 2.75) is 19.1 Å². The Morgan fingerprint density at radius 3 is 2.60 bits per heavy atom. The molecule has 0 radical (unpaired) electrons. The minimum atomic E-state index is -0.644. The zero-order valence-electron chi connectivity index (χ0n) is 11.8. The Hall–Kier alpha value is -1.18. The van der Waals surface area contributed by atoms with Gasteiger partial charge >= 0.3 is 0 Å². The second-order valence-corrected chi connectivity index (χ2v) is 5.36. The highest BCUT2D eigenvalue weighted by molar-refractivity contribution is 7.81. The molecule has 1 unspecified atom stereocenters. The highest BCUT2D eigenvalue weighted by atomic mass is 32.1. The minimum absolute atomic E-state index is 0.176. The number of aryl methyl sites for hydroxylation is 2. The number of ether oxygens (including phenoxy) is 1. The first kappa shape index (κ1) is 15.2. The van der Waals surface area contributed by atoms with Gasteiger partial charge in [-0.15, -0.1) is 0 Å². The molecule has 110 valence electrons. The molecule has 0 aliphatic carbocycles. The van der Waals surface area contributed by atoms with E-state index in [0.29, 0.717) is 25.7 Å². The predicted molar refractivity (Wildman–Crippen MR) is 78.6 cm³/mol. The molecule has 1 aromatic heterocycles. The third-order valence-electron chi connectivity index (χ3n) is 3.07. The molecule has 1 atom stereocenters. The number of nitrogens with one attached hydrogen (secondary N) is 1. The van der Waals surface area contributed by atoms with Crippen LogP contribution in [0.2, 0.25) is 0 Å². The second-order valence-electron chi connectivity index (χ2n) is 4.84. The van der Waals surface area contributed by atoms with Crippen molar-refractivity contribution in [3.8, 4) is 0 Å². The van der Waals surface area contributed by atoms with Gasteiger partial charge in [-0.3, -0.25) is 9.69 Å². The Bertz CT molecular complexity index is 457. The van der Waals surface area contributed by atoms with Crippen LogP contribution in [0.3, 0.4) is 0 Å². The van der Waals surface area contributed by atoms with E-state index in [1.807, 2.05) is 19.9 Å². The summed E-state index contributed by atoms with van der Waals surface area (Å²) in [6.07, 6.45) is 0. The number of aromatic nitrogens is 2. The Kier molecular flexibility index (Phi) is 5.33. The highest BCUT2D eigenvalue weighted by Gasteiger charge is 2.20. The van der Waals surface area contributed by atoms with Crippen LogP contribution in [0, 0.1) is 13.8 Å². The van der Waals surface area contributed by atoms with E-state index in [-0.39, 0.29) is 5.91 Å². The molecule has 7 heteroatoms. The molecular weight excluding hydrogens is 276 g/mol. The molecule has 1 saturated heterocycles. The van der Waals surface area contributed by atoms with Crippen LogP contribution in [0.15, 0.2) is 6.07 Å². The number of nitrogens with zero attached hydrogens (tertiary/aromatic N) is 3. The molecule has 1 amide bonds. The van der Waals surface area contributed by atoms with Crippen LogP contribution in [0.5, 0.6) is 0 Å². The van der Waals surface area contributed by atoms with E-state index < -0.39 is 5.25 Å². The molecule has 1 aliphatic rings. The summed E-state index contributed by atoms with van der Waals surface area (Å²) in [5.41, 5.74) is 1.68. The molecule has 1 N–H and O–H groups in total. The molecule has 20 heavy (non-hydrogen) atoms. The van der Waals surface area contributed by atoms with Gasteiger partial charge < -0.3 is 10.1 Å². The minimum Gasteiger partial charge on any atom is -0.379 e. The molecule has 2 heterocycles. The maximum Gasteiger partial charge on any atom is 0.241 e. The van der Waals surface area contributed by atoms with Crippen LogP contribution < -0.4 is 5.32 Å². The number of rotatable bonds is 4. The van der Waals surface area contributed by atoms with Crippen LogP contribution in [0.4, 0.5) is 0 Å². The summed E-state index contributed by atoms with van der Waals surface area (Å²) < 4.78 is 5.26. The Morgan fingerprint density at radius 2 is 2.00 bits per heavy atom. The number of carbonyl (C=O) groups excluding carboxylic acids is 1. The van der Waals surface area contributed by atoms with Crippen molar-refractivity contribution in [2.24, 2.45) is 0 Å². The summed E-state index contributed by atoms with van der Waals surface area (Å²) >= 11 is 4.33. The molecule has 1 aromatic rings. The predicted octanol–water partition coefficient (Wildman–Crippen LogP) is 0.470. The second kappa shape index (κ2) is 7.01. The molecular formula is C13H20N4O2S. The molecule has 0 aromatic carbocycles. The van der Waals surface area contributed by atoms with E-state index in [0.717, 1.165) is 24.5 Å². The van der Waals surface area contributed by atoms with Crippen molar-refractivity contribution in [3.63, 3.8) is 0 Å². The van der Waals surface area contributed by atoms with Crippen LogP contribution >= 0.6 is 12.6 Å². The van der Waals surface area contributed by atoms with Gasteiger partial charge in [0.1, 0.15) is 5.25 Å². The lowest BCUT2D eigenvalue weighted by molar-refractivity contribution is -0.121. The first-order valence-electron chi connectivity index (χ1n) is 6.64. The molecule has 0 saturated carbocycles. The lowest BCUT2D eigenvalue weighted by Crippen LogP contribution is -2.44. The van der Waals surface area contributed by atoms with Gasteiger partial charge in [-0.25, -0.2) is 9.97 Å². The van der Waals surface area contributed by atoms with Gasteiger partial charge in [0.15, 0.2) is 5.82 Å². The van der Waals surface area contributed by atoms with E-state index >= 15 is 0 Å². The van der Waals surface area contributed by atoms with Crippen molar-refractivity contribution in [3.05, 3.63) is 23.3 Å². The highest BCUT2D eigenvalue weighted by Crippen LogP contribution is 2.16. The third kappa shape index (κ3) is 4.16. The van der Waals surface area contributed by atoms with Gasteiger partial charge in [0.05, 0.1) is 19.9 Å². The van der Waals surface area contributed by atoms with E-state index in [9.17, 15) is 4.79 Å². The average molecular weight is 296 g/mol. The first-order chi connectivity index (χ1) is 9.56. The van der Waals surface area contributed by atoms with Crippen molar-refractivity contribution in [1.29, 1.82) is 0 Å². The summed E-state index contributed by atoms with van der Waals surface area (Å²) in [4.78, 5) is 22.7. The monoisotopic (exact) mass is 296 g/mol. The zero-order chi connectivity index (χ0) is 14.5. The van der Waals surface area contributed by atoms with Crippen LogP contribution in [0.1, 0.15) is 22.5 Å². The fourth-order valence-corrected chi connectivity index (χ4v) is 2.25. The van der Waals surface area contributed by atoms with E-state index in [1.165, 1.54) is 0 Å². The molecule has 1 aliphatic heterocycles. The van der Waals surface area contributed by atoms with Crippen molar-refractivity contribution >= 4 is 18.5 Å². The molecule has 6 nitrogen and oxygen atoms in total. The number of hydrogen-bond donors (Lipinski definition) is 2. The van der Waals surface area contributed by atoms with Crippen LogP contribution in [-0.4, -0.2) is 53.7 Å². The maximum atomic E-state index is 12.1. The number of hydrogen-bond acceptors (Lipinski definition) is 6. The van der Waals surface area contributed by atoms with Gasteiger partial charge in [0.2, 0.25) is 5.91 Å². The number of morpholine rings is 1. The van der Waals surface area contributed by atoms with Gasteiger partial charge in [0.25, 0.3) is 0 Å². The molecule has 2 rings (SSSR count). The van der Waals surface area contributed by atoms with E-state index in [4.69, 9.17) is 4.74 Å². The van der Waals surface area contributed by atoms with Crippen molar-refractivity contribution < 1.29 is 9.53 Å². The van der Waals surface area contributed by atoms with Gasteiger partial charge in [-0.2, -0.15) is 12.6 Å². The topological polar surface area (TPSA) is 67.4 Å². The number of carbonyl (C=O) groups is 1. The Labute approximate surface area is 124 Å². The summed E-state index contributed by atoms with van der Waals surface area (Å²) in [7, 11) is 0. The van der Waals surface area contributed by atoms with E-state index in [1.54, 1.807) is 0 Å². The zero-order valence-corrected chi connectivity index (χ0v) is 12.7. The molecule has 0 bridgehead atoms. The van der Waals surface area contributed by atoms with E-state index in [2.05, 4.69) is 32.8 Å². The summed E-state index contributed by atoms with van der Waals surface area (Å²) in [6, 6.07) is 1.87. The molecule has 0 spiro atoms. The largest absolute Gasteiger partial charge is 0.379 e. The first-order valence-corrected chi connectivity index (χ1v) is 7.16. The quantitative estimate of drug-likeness (QED) is 0.791. The lowest BCUT2D eigenvalue weighted by atomic mass is 10.3. The van der Waals surface area contributed by atoms with Gasteiger partial charge in [-0.1, -0.05) is 0 Å². The fourth-order valence-electron chi connectivity index (χ4n) is 2.04. The summed E-state index contributed by atoms with van der Waals surface area (Å²) in [5, 5.41) is 2.22. The Morgan fingerprint density at radius 1 is 1.40 bits per heavy atom. The summed E-state index contributed by atoms with van der Waals surface area (Å²) in [5.74, 6) is 0.273. The maximum absolute atomic E-state index is 12.1. The van der Waals surface area contributed by atoms with Gasteiger partial charge in [-0.05, 0) is 19.9 Å². The van der Waals surface area contributed by atoms with Crippen molar-refractivity contribution in [1.82, 2.24) is 20.2 Å². The molecule has 1 fully saturated rings. The van der Waals surface area contributed by atoms with Gasteiger partial charge in [0, 0.05) is 24.5 Å². The SMILES string of the molecule is Cc1cc(C)nc(C(S)C(=O)NCN2CCOCC2)n1. The Balaban J connectivity index is 1.90. The number of thiol groups is 1. The smallest absolute Gasteiger partial charge is 0.241 e. The summed E-state index contributed by atoms with van der Waals surface area (Å²) in [6.45, 7) is 7.34. The number of amides is 1. The third-order valence-corrected chi connectivity index (χ3v) is 3.54. The lowest BCUT2D eigenvalue weighted by Gasteiger charge is -2.27. The average Bonchev–Trinajstić information content (AvgIpc) is 2.44. The standard InChI is InChI=1S/C13H20N4O2S/c1-9-7-10(2)16-12(15-9)11(20)13(18)14-8-17-3-5-19-6-4-17/h7,11,20H,3-6,8H2,1-2H3,(H,14,18). The van der Waals surface area contributed by atoms with Crippen molar-refractivity contribution in [2.75, 3.05) is 33.0 Å². The van der Waals surface area contributed by atoms with Crippen LogP contribution in [0.25, 0.3) is 0 Å². The fraction of sp³-hybridized carbons (Fsp3) is 0.615. The normalized spacial score (nSPS) is 17.8.